The average molecular weight is 1760 g/mol. The number of benzene rings is 21. The maximum Gasteiger partial charge on any atom is 0.238 e. The summed E-state index contributed by atoms with van der Waals surface area (Å²) in [4.78, 5) is 31.3. The van der Waals surface area contributed by atoms with Gasteiger partial charge in [0, 0.05) is 76.7 Å². The molecule has 0 radical (unpaired) electrons. The Morgan fingerprint density at radius 1 is 0.116 bits per heavy atom. The Hall–Kier alpha value is -18.6. The minimum absolute atomic E-state index is 0.565. The van der Waals surface area contributed by atoms with E-state index in [1.807, 2.05) is 36.4 Å². The number of hydrogen-bond donors (Lipinski definition) is 0. The van der Waals surface area contributed by atoms with E-state index in [0.717, 1.165) is 122 Å². The highest BCUT2D eigenvalue weighted by molar-refractivity contribution is 6.16. The summed E-state index contributed by atoms with van der Waals surface area (Å²) < 4.78 is 9.20. The summed E-state index contributed by atoms with van der Waals surface area (Å²) in [5.74, 6) is 3.60. The summed E-state index contributed by atoms with van der Waals surface area (Å²) in [7, 11) is 0. The molecule has 0 spiro atoms. The van der Waals surface area contributed by atoms with Crippen molar-refractivity contribution in [2.24, 2.45) is 0 Å². The fraction of sp³-hybridized carbons (Fsp3) is 0. The summed E-state index contributed by atoms with van der Waals surface area (Å²) >= 11 is 0. The molecule has 6 aromatic heterocycles. The van der Waals surface area contributed by atoms with Gasteiger partial charge in [0.15, 0.2) is 23.3 Å². The van der Waals surface area contributed by atoms with E-state index in [9.17, 15) is 0 Å². The first-order valence-electron chi connectivity index (χ1n) is 46.8. The molecule has 21 aromatic carbocycles. The third-order valence-corrected chi connectivity index (χ3v) is 27.1. The normalized spacial score (nSPS) is 11.6. The third-order valence-electron chi connectivity index (χ3n) is 27.1. The molecule has 10 nitrogen and oxygen atoms in total. The lowest BCUT2D eigenvalue weighted by Crippen LogP contribution is -2.06. The largest absolute Gasteiger partial charge is 0.309 e. The van der Waals surface area contributed by atoms with Crippen LogP contribution in [0.25, 0.3) is 255 Å². The van der Waals surface area contributed by atoms with Gasteiger partial charge >= 0.3 is 0 Å². The summed E-state index contributed by atoms with van der Waals surface area (Å²) in [6.45, 7) is 0. The molecule has 6 heterocycles. The number of aromatic nitrogens is 10. The lowest BCUT2D eigenvalue weighted by Gasteiger charge is -2.14. The van der Waals surface area contributed by atoms with Crippen LogP contribution in [0.1, 0.15) is 0 Å². The van der Waals surface area contributed by atoms with Crippen LogP contribution in [0.15, 0.2) is 497 Å². The van der Waals surface area contributed by atoms with Gasteiger partial charge in [-0.2, -0.15) is 19.9 Å². The van der Waals surface area contributed by atoms with Gasteiger partial charge < -0.3 is 9.13 Å². The third kappa shape index (κ3) is 14.5. The van der Waals surface area contributed by atoms with Gasteiger partial charge in [0.1, 0.15) is 0 Å². The van der Waals surface area contributed by atoms with Crippen molar-refractivity contribution < 1.29 is 0 Å². The van der Waals surface area contributed by atoms with E-state index in [4.69, 9.17) is 29.9 Å². The van der Waals surface area contributed by atoms with Crippen LogP contribution >= 0.6 is 0 Å². The molecule has 27 aromatic rings. The highest BCUT2D eigenvalue weighted by atomic mass is 15.2. The van der Waals surface area contributed by atoms with Crippen LogP contribution in [0.4, 0.5) is 0 Å². The van der Waals surface area contributed by atoms with E-state index >= 15 is 0 Å². The lowest BCUT2D eigenvalue weighted by atomic mass is 9.98. The number of fused-ring (bicyclic) bond motifs is 14. The quantitative estimate of drug-likeness (QED) is 0.101. The fourth-order valence-electron chi connectivity index (χ4n) is 20.4. The Morgan fingerprint density at radius 2 is 0.355 bits per heavy atom. The van der Waals surface area contributed by atoms with Gasteiger partial charge in [0.2, 0.25) is 11.9 Å². The van der Waals surface area contributed by atoms with Crippen molar-refractivity contribution in [1.29, 1.82) is 0 Å². The van der Waals surface area contributed by atoms with Crippen LogP contribution in [0.5, 0.6) is 0 Å². The molecule has 0 aliphatic rings. The molecule has 0 amide bonds. The van der Waals surface area contributed by atoms with E-state index in [0.29, 0.717) is 35.2 Å². The highest BCUT2D eigenvalue weighted by Crippen LogP contribution is 2.45. The van der Waals surface area contributed by atoms with Crippen LogP contribution < -0.4 is 0 Å². The van der Waals surface area contributed by atoms with E-state index in [-0.39, 0.29) is 0 Å². The molecule has 0 fully saturated rings. The fourth-order valence-corrected chi connectivity index (χ4v) is 20.4. The molecule has 0 N–H and O–H groups in total. The second kappa shape index (κ2) is 33.9. The zero-order valence-corrected chi connectivity index (χ0v) is 74.8. The van der Waals surface area contributed by atoms with Crippen molar-refractivity contribution in [1.82, 2.24) is 48.2 Å². The van der Waals surface area contributed by atoms with Gasteiger partial charge in [-0.3, -0.25) is 9.13 Å². The molecule has 0 saturated carbocycles. The molecule has 0 atom stereocenters. The van der Waals surface area contributed by atoms with Gasteiger partial charge in [-0.15, -0.1) is 0 Å². The summed E-state index contributed by atoms with van der Waals surface area (Å²) in [6, 6.07) is 177. The molecule has 10 heteroatoms. The van der Waals surface area contributed by atoms with Crippen LogP contribution in [0.2, 0.25) is 0 Å². The second-order valence-corrected chi connectivity index (χ2v) is 35.3. The second-order valence-electron chi connectivity index (χ2n) is 35.3. The van der Waals surface area contributed by atoms with Crippen molar-refractivity contribution >= 4 is 109 Å². The minimum atomic E-state index is 0.565. The molecule has 644 valence electrons. The maximum absolute atomic E-state index is 5.31. The van der Waals surface area contributed by atoms with Gasteiger partial charge in [-0.25, -0.2) is 9.97 Å². The van der Waals surface area contributed by atoms with E-state index in [1.54, 1.807) is 0 Å². The first-order chi connectivity index (χ1) is 68.4. The highest BCUT2D eigenvalue weighted by Gasteiger charge is 2.25. The van der Waals surface area contributed by atoms with Crippen molar-refractivity contribution in [3.05, 3.63) is 497 Å². The summed E-state index contributed by atoms with van der Waals surface area (Å²) in [5.41, 5.74) is 31.0. The van der Waals surface area contributed by atoms with Gasteiger partial charge in [-0.1, -0.05) is 370 Å². The SMILES string of the molecule is c1ccc(-c2cc(-c3ccccc3)cc(-n3c4ccccc4c4cc(-c5ccc6c(c5)c5ccccc5n6-c5nc(-c6ccccc6)nc(-c6cccc(-c7ccc8ccccc8c7)c6)n5)ccc43)c2)cc1.c1ccc(-c2ccc3c(c2)c2cc(-c4ccc5c(c4)c4ccccc4n5-c4nc(-c5ccccc5)nc(-c5ccc(-c6ccc7ccccc7c6)cc5)n4)ccc2n3-c2ccccc2)cc1. The summed E-state index contributed by atoms with van der Waals surface area (Å²) in [5, 5.41) is 14.2. The van der Waals surface area contributed by atoms with Crippen molar-refractivity contribution in [2.45, 2.75) is 0 Å². The number of rotatable bonds is 15. The van der Waals surface area contributed by atoms with Crippen molar-refractivity contribution in [2.75, 3.05) is 0 Å². The Kier molecular flexibility index (Phi) is 19.7. The Labute approximate surface area is 795 Å². The van der Waals surface area contributed by atoms with E-state index in [1.165, 1.54) is 98.6 Å². The van der Waals surface area contributed by atoms with Gasteiger partial charge in [-0.05, 0) is 227 Å². The lowest BCUT2D eigenvalue weighted by molar-refractivity contribution is 0.953. The molecule has 27 rings (SSSR count). The Bertz CT molecular complexity index is 9380. The van der Waals surface area contributed by atoms with Crippen molar-refractivity contribution in [3.8, 4) is 147 Å². The standard InChI is InChI=1S/C67H43N5.C61H39N5/c1-4-17-44(18-5-1)54-39-55(45-19-6-2-7-20-45)41-56(40-54)71-61-29-14-12-27-57(61)59-42-51(33-35-63(59)71)52-34-36-64-60(43-52)58-28-13-15-30-62(58)72(64)67-69-65(47-22-8-3-9-23-47)68-66(70-67)53-26-16-25-49(38-53)50-32-31-46-21-10-11-24-48(46)37-50;1-4-14-40(15-5-1)47-30-33-56-53(37-47)54-39-49(31-34-57(54)65(56)50-20-8-3-9-21-50)48-32-35-58-52(38-48)51-22-12-13-23-55(51)66(58)61-63-59(43-17-6-2-7-18-43)62-60(64-61)44-27-24-42(25-28-44)46-29-26-41-16-10-11-19-45(41)36-46/h1-43H;1-39H. The zero-order chi connectivity index (χ0) is 91.1. The number of para-hydroxylation sites is 4. The zero-order valence-electron chi connectivity index (χ0n) is 74.8. The summed E-state index contributed by atoms with van der Waals surface area (Å²) in [6.07, 6.45) is 0. The average Bonchev–Trinajstić information content (AvgIpc) is 1.59. The van der Waals surface area contributed by atoms with Crippen LogP contribution in [-0.4, -0.2) is 48.2 Å². The molecular weight excluding hydrogens is 1680 g/mol. The van der Waals surface area contributed by atoms with Crippen molar-refractivity contribution in [3.63, 3.8) is 0 Å². The minimum Gasteiger partial charge on any atom is -0.309 e. The number of hydrogen-bond acceptors (Lipinski definition) is 6. The van der Waals surface area contributed by atoms with E-state index in [2.05, 4.69) is 479 Å². The van der Waals surface area contributed by atoms with E-state index < -0.39 is 0 Å². The molecule has 0 unspecified atom stereocenters. The van der Waals surface area contributed by atoms with Crippen LogP contribution in [-0.2, 0) is 0 Å². The van der Waals surface area contributed by atoms with Gasteiger partial charge in [0.05, 0.1) is 44.1 Å². The predicted octanol–water partition coefficient (Wildman–Crippen LogP) is 32.8. The monoisotopic (exact) mass is 1760 g/mol. The Morgan fingerprint density at radius 3 is 0.775 bits per heavy atom. The molecule has 0 aliphatic carbocycles. The smallest absolute Gasteiger partial charge is 0.238 e. The van der Waals surface area contributed by atoms with Gasteiger partial charge in [0.25, 0.3) is 0 Å². The van der Waals surface area contributed by atoms with Crippen LogP contribution in [0.3, 0.4) is 0 Å². The topological polar surface area (TPSA) is 97.1 Å². The number of nitrogens with zero attached hydrogens (tertiary/aromatic N) is 10. The molecule has 0 saturated heterocycles. The first-order valence-corrected chi connectivity index (χ1v) is 46.8. The maximum atomic E-state index is 5.31. The molecule has 0 aliphatic heterocycles. The predicted molar refractivity (Wildman–Crippen MR) is 572 cm³/mol. The Balaban J connectivity index is 0.000000143. The molecule has 0 bridgehead atoms. The first kappa shape index (κ1) is 80.2. The van der Waals surface area contributed by atoms with Crippen LogP contribution in [0, 0.1) is 0 Å². The molecule has 138 heavy (non-hydrogen) atoms. The molecular formula is C128H82N10.